The molecule has 0 bridgehead atoms. The van der Waals surface area contributed by atoms with Crippen molar-refractivity contribution < 1.29 is 14.3 Å². The number of anilines is 1. The number of hydrogen-bond acceptors (Lipinski definition) is 4. The lowest BCUT2D eigenvalue weighted by atomic mass is 10.2. The minimum absolute atomic E-state index is 0.0787. The topological polar surface area (TPSA) is 50.8 Å². The highest BCUT2D eigenvalue weighted by molar-refractivity contribution is 5.93. The number of nitrogens with one attached hydrogen (secondary N) is 1. The van der Waals surface area contributed by atoms with E-state index < -0.39 is 0 Å². The Hall–Kier alpha value is -2.53. The average Bonchev–Trinajstić information content (AvgIpc) is 2.58. The second-order valence-electron chi connectivity index (χ2n) is 5.88. The molecule has 5 heteroatoms. The maximum atomic E-state index is 12.2. The van der Waals surface area contributed by atoms with Crippen molar-refractivity contribution in [3.8, 4) is 11.5 Å². The van der Waals surface area contributed by atoms with Crippen molar-refractivity contribution in [2.75, 3.05) is 38.7 Å². The van der Waals surface area contributed by atoms with E-state index in [0.29, 0.717) is 31.2 Å². The van der Waals surface area contributed by atoms with Gasteiger partial charge < -0.3 is 14.8 Å². The summed E-state index contributed by atoms with van der Waals surface area (Å²) in [6.07, 6.45) is 0. The van der Waals surface area contributed by atoms with E-state index in [-0.39, 0.29) is 12.5 Å². The number of rotatable bonds is 9. The molecule has 0 aliphatic carbocycles. The summed E-state index contributed by atoms with van der Waals surface area (Å²) in [6.45, 7) is 6.00. The molecule has 0 aliphatic heterocycles. The molecule has 0 aliphatic rings. The van der Waals surface area contributed by atoms with E-state index in [2.05, 4.69) is 5.32 Å². The number of para-hydroxylation sites is 2. The van der Waals surface area contributed by atoms with Crippen LogP contribution in [-0.2, 0) is 4.79 Å². The summed E-state index contributed by atoms with van der Waals surface area (Å²) in [6, 6.07) is 15.4. The second-order valence-corrected chi connectivity index (χ2v) is 5.88. The van der Waals surface area contributed by atoms with Crippen LogP contribution >= 0.6 is 0 Å². The first-order valence-corrected chi connectivity index (χ1v) is 8.48. The van der Waals surface area contributed by atoms with Gasteiger partial charge >= 0.3 is 0 Å². The van der Waals surface area contributed by atoms with Crippen molar-refractivity contribution in [2.45, 2.75) is 13.8 Å². The zero-order chi connectivity index (χ0) is 18.1. The van der Waals surface area contributed by atoms with Gasteiger partial charge in [0, 0.05) is 6.54 Å². The minimum Gasteiger partial charge on any atom is -0.492 e. The van der Waals surface area contributed by atoms with Crippen LogP contribution in [0.4, 0.5) is 5.69 Å². The van der Waals surface area contributed by atoms with Gasteiger partial charge in [0.05, 0.1) is 18.8 Å². The maximum absolute atomic E-state index is 12.2. The molecule has 0 radical (unpaired) electrons. The first kappa shape index (κ1) is 18.8. The number of ether oxygens (including phenoxy) is 2. The Bertz CT molecular complexity index is 671. The molecule has 0 saturated carbocycles. The summed E-state index contributed by atoms with van der Waals surface area (Å²) in [5.74, 6) is 1.45. The standard InChI is InChI=1S/C20H26N2O3/c1-4-24-19-8-6-5-7-18(19)21-20(23)15-22(3)13-14-25-17-11-9-16(2)10-12-17/h5-12H,4,13-15H2,1-3H3,(H,21,23). The lowest BCUT2D eigenvalue weighted by Gasteiger charge is -2.17. The van der Waals surface area contributed by atoms with Crippen LogP contribution in [-0.4, -0.2) is 44.2 Å². The van der Waals surface area contributed by atoms with Crippen LogP contribution in [0.5, 0.6) is 11.5 Å². The molecule has 0 fully saturated rings. The molecule has 2 aromatic carbocycles. The molecule has 0 atom stereocenters. The van der Waals surface area contributed by atoms with E-state index in [9.17, 15) is 4.79 Å². The number of amides is 1. The lowest BCUT2D eigenvalue weighted by Crippen LogP contribution is -2.33. The predicted octanol–water partition coefficient (Wildman–Crippen LogP) is 3.34. The number of carbonyl (C=O) groups is 1. The van der Waals surface area contributed by atoms with E-state index in [1.165, 1.54) is 5.56 Å². The van der Waals surface area contributed by atoms with Gasteiger partial charge in [-0.1, -0.05) is 29.8 Å². The van der Waals surface area contributed by atoms with Crippen LogP contribution < -0.4 is 14.8 Å². The third-order valence-electron chi connectivity index (χ3n) is 3.64. The predicted molar refractivity (Wildman–Crippen MR) is 100 cm³/mol. The van der Waals surface area contributed by atoms with Gasteiger partial charge in [-0.3, -0.25) is 9.69 Å². The molecule has 0 aromatic heterocycles. The Morgan fingerprint density at radius 1 is 1.08 bits per heavy atom. The number of aryl methyl sites for hydroxylation is 1. The number of benzene rings is 2. The third-order valence-corrected chi connectivity index (χ3v) is 3.64. The van der Waals surface area contributed by atoms with Gasteiger partial charge in [0.2, 0.25) is 5.91 Å². The van der Waals surface area contributed by atoms with Gasteiger partial charge in [-0.05, 0) is 45.2 Å². The molecule has 5 nitrogen and oxygen atoms in total. The molecule has 1 amide bonds. The summed E-state index contributed by atoms with van der Waals surface area (Å²) in [7, 11) is 1.90. The molecule has 1 N–H and O–H groups in total. The zero-order valence-corrected chi connectivity index (χ0v) is 15.1. The SMILES string of the molecule is CCOc1ccccc1NC(=O)CN(C)CCOc1ccc(C)cc1. The van der Waals surface area contributed by atoms with E-state index >= 15 is 0 Å². The summed E-state index contributed by atoms with van der Waals surface area (Å²) >= 11 is 0. The lowest BCUT2D eigenvalue weighted by molar-refractivity contribution is -0.117. The molecule has 0 spiro atoms. The Kier molecular flexibility index (Phi) is 7.29. The Balaban J connectivity index is 1.75. The van der Waals surface area contributed by atoms with E-state index in [1.807, 2.05) is 74.3 Å². The van der Waals surface area contributed by atoms with Gasteiger partial charge in [0.1, 0.15) is 18.1 Å². The molecule has 2 aromatic rings. The summed E-state index contributed by atoms with van der Waals surface area (Å²) in [5.41, 5.74) is 1.90. The van der Waals surface area contributed by atoms with Crippen LogP contribution in [0.1, 0.15) is 12.5 Å². The molecule has 25 heavy (non-hydrogen) atoms. The first-order chi connectivity index (χ1) is 12.1. The van der Waals surface area contributed by atoms with Gasteiger partial charge in [-0.2, -0.15) is 0 Å². The van der Waals surface area contributed by atoms with Crippen molar-refractivity contribution in [3.63, 3.8) is 0 Å². The van der Waals surface area contributed by atoms with Gasteiger partial charge in [0.25, 0.3) is 0 Å². The number of carbonyl (C=O) groups excluding carboxylic acids is 1. The molecule has 0 unspecified atom stereocenters. The normalized spacial score (nSPS) is 10.6. The van der Waals surface area contributed by atoms with E-state index in [1.54, 1.807) is 0 Å². The fourth-order valence-corrected chi connectivity index (χ4v) is 2.32. The highest BCUT2D eigenvalue weighted by atomic mass is 16.5. The number of likely N-dealkylation sites (N-methyl/N-ethyl adjacent to an activating group) is 1. The Morgan fingerprint density at radius 3 is 2.52 bits per heavy atom. The van der Waals surface area contributed by atoms with Crippen LogP contribution in [0.2, 0.25) is 0 Å². The van der Waals surface area contributed by atoms with Crippen molar-refractivity contribution in [1.82, 2.24) is 4.90 Å². The van der Waals surface area contributed by atoms with Gasteiger partial charge in [-0.15, -0.1) is 0 Å². The highest BCUT2D eigenvalue weighted by Crippen LogP contribution is 2.23. The quantitative estimate of drug-likeness (QED) is 0.759. The number of nitrogens with zero attached hydrogens (tertiary/aromatic N) is 1. The smallest absolute Gasteiger partial charge is 0.238 e. The van der Waals surface area contributed by atoms with E-state index in [0.717, 1.165) is 5.75 Å². The number of hydrogen-bond donors (Lipinski definition) is 1. The average molecular weight is 342 g/mol. The van der Waals surface area contributed by atoms with Crippen molar-refractivity contribution >= 4 is 11.6 Å². The van der Waals surface area contributed by atoms with Crippen LogP contribution in [0, 0.1) is 6.92 Å². The molecule has 0 saturated heterocycles. The van der Waals surface area contributed by atoms with Gasteiger partial charge in [0.15, 0.2) is 0 Å². The van der Waals surface area contributed by atoms with Crippen molar-refractivity contribution in [3.05, 3.63) is 54.1 Å². The highest BCUT2D eigenvalue weighted by Gasteiger charge is 2.10. The molecular weight excluding hydrogens is 316 g/mol. The first-order valence-electron chi connectivity index (χ1n) is 8.48. The van der Waals surface area contributed by atoms with Crippen molar-refractivity contribution in [1.29, 1.82) is 0 Å². The molecule has 134 valence electrons. The van der Waals surface area contributed by atoms with Gasteiger partial charge in [-0.25, -0.2) is 0 Å². The second kappa shape index (κ2) is 9.69. The van der Waals surface area contributed by atoms with Crippen LogP contribution in [0.15, 0.2) is 48.5 Å². The molecule has 0 heterocycles. The molecule has 2 rings (SSSR count). The Labute approximate surface area is 149 Å². The zero-order valence-electron chi connectivity index (χ0n) is 15.1. The largest absolute Gasteiger partial charge is 0.492 e. The fourth-order valence-electron chi connectivity index (χ4n) is 2.32. The van der Waals surface area contributed by atoms with Crippen LogP contribution in [0.3, 0.4) is 0 Å². The minimum atomic E-state index is -0.0787. The molecular formula is C20H26N2O3. The maximum Gasteiger partial charge on any atom is 0.238 e. The van der Waals surface area contributed by atoms with E-state index in [4.69, 9.17) is 9.47 Å². The monoisotopic (exact) mass is 342 g/mol. The Morgan fingerprint density at radius 2 is 1.80 bits per heavy atom. The van der Waals surface area contributed by atoms with Crippen LogP contribution in [0.25, 0.3) is 0 Å². The summed E-state index contributed by atoms with van der Waals surface area (Å²) in [4.78, 5) is 14.1. The summed E-state index contributed by atoms with van der Waals surface area (Å²) in [5, 5.41) is 2.89. The third kappa shape index (κ3) is 6.47. The summed E-state index contributed by atoms with van der Waals surface area (Å²) < 4.78 is 11.2. The van der Waals surface area contributed by atoms with Crippen molar-refractivity contribution in [2.24, 2.45) is 0 Å². The fraction of sp³-hybridized carbons (Fsp3) is 0.350.